The van der Waals surface area contributed by atoms with Crippen molar-refractivity contribution in [1.29, 1.82) is 0 Å². The molecule has 0 radical (unpaired) electrons. The molecule has 9 heavy (non-hydrogen) atoms. The van der Waals surface area contributed by atoms with Gasteiger partial charge in [-0.1, -0.05) is 13.8 Å². The summed E-state index contributed by atoms with van der Waals surface area (Å²) in [5, 5.41) is 2.39. The fraction of sp³-hybridized carbons (Fsp3) is 0.857. The molecule has 0 heterocycles. The molecule has 1 aliphatic rings. The summed E-state index contributed by atoms with van der Waals surface area (Å²) in [4.78, 5) is 3.89. The Bertz CT molecular complexity index is 156. The van der Waals surface area contributed by atoms with Crippen molar-refractivity contribution in [3.05, 3.63) is 0 Å². The van der Waals surface area contributed by atoms with Crippen LogP contribution in [0.3, 0.4) is 0 Å². The summed E-state index contributed by atoms with van der Waals surface area (Å²) < 4.78 is 0. The summed E-state index contributed by atoms with van der Waals surface area (Å²) >= 11 is 4.46. The minimum atomic E-state index is 0.537. The second-order valence-corrected chi connectivity index (χ2v) is 3.50. The highest BCUT2D eigenvalue weighted by Crippen LogP contribution is 2.51. The highest BCUT2D eigenvalue weighted by Gasteiger charge is 2.44. The van der Waals surface area contributed by atoms with Crippen LogP contribution in [0.25, 0.3) is 0 Å². The summed E-state index contributed by atoms with van der Waals surface area (Å²) in [6, 6.07) is 0. The predicted molar refractivity (Wildman–Crippen MR) is 41.8 cm³/mol. The monoisotopic (exact) mass is 141 g/mol. The van der Waals surface area contributed by atoms with Gasteiger partial charge in [0.15, 0.2) is 0 Å². The average molecular weight is 141 g/mol. The van der Waals surface area contributed by atoms with E-state index < -0.39 is 0 Å². The first-order chi connectivity index (χ1) is 4.17. The third-order valence-corrected chi connectivity index (χ3v) is 2.22. The van der Waals surface area contributed by atoms with Crippen molar-refractivity contribution in [3.8, 4) is 0 Å². The zero-order valence-electron chi connectivity index (χ0n) is 5.85. The zero-order valence-corrected chi connectivity index (χ0v) is 6.66. The fourth-order valence-electron chi connectivity index (χ4n) is 1.04. The van der Waals surface area contributed by atoms with Crippen molar-refractivity contribution in [2.24, 2.45) is 16.3 Å². The Labute approximate surface area is 61.2 Å². The van der Waals surface area contributed by atoms with Crippen molar-refractivity contribution in [2.45, 2.75) is 20.3 Å². The van der Waals surface area contributed by atoms with Crippen molar-refractivity contribution < 1.29 is 0 Å². The number of thiocarbonyl (C=S) groups is 1. The molecule has 0 aliphatic heterocycles. The van der Waals surface area contributed by atoms with Gasteiger partial charge in [-0.05, 0) is 30.0 Å². The molecule has 0 spiro atoms. The fourth-order valence-corrected chi connectivity index (χ4v) is 1.11. The Hall–Kier alpha value is -0.200. The summed E-state index contributed by atoms with van der Waals surface area (Å²) in [5.41, 5.74) is 0.537. The van der Waals surface area contributed by atoms with Crippen molar-refractivity contribution in [2.75, 3.05) is 6.54 Å². The van der Waals surface area contributed by atoms with E-state index >= 15 is 0 Å². The summed E-state index contributed by atoms with van der Waals surface area (Å²) in [6.07, 6.45) is 1.30. The molecule has 0 aromatic heterocycles. The summed E-state index contributed by atoms with van der Waals surface area (Å²) in [7, 11) is 0. The minimum absolute atomic E-state index is 0.537. The standard InChI is InChI=1S/C7H11NS/c1-7(2)3-6(7)4-8-5-9/h6H,3-4H2,1-2H3. The zero-order chi connectivity index (χ0) is 6.91. The molecule has 1 unspecified atom stereocenters. The van der Waals surface area contributed by atoms with Crippen molar-refractivity contribution in [1.82, 2.24) is 0 Å². The van der Waals surface area contributed by atoms with Crippen LogP contribution in [0.15, 0.2) is 4.99 Å². The number of hydrogen-bond donors (Lipinski definition) is 0. The third kappa shape index (κ3) is 1.60. The van der Waals surface area contributed by atoms with Gasteiger partial charge >= 0.3 is 0 Å². The predicted octanol–water partition coefficient (Wildman–Crippen LogP) is 2.14. The molecular weight excluding hydrogens is 130 g/mol. The molecule has 1 rings (SSSR count). The molecular formula is C7H11NS. The van der Waals surface area contributed by atoms with E-state index in [4.69, 9.17) is 0 Å². The average Bonchev–Trinajstić information content (AvgIpc) is 2.35. The number of isothiocyanates is 1. The van der Waals surface area contributed by atoms with Crippen LogP contribution in [0.1, 0.15) is 20.3 Å². The SMILES string of the molecule is CC1(C)CC1CN=C=S. The number of nitrogens with zero attached hydrogens (tertiary/aromatic N) is 1. The van der Waals surface area contributed by atoms with Crippen LogP contribution >= 0.6 is 12.2 Å². The molecule has 1 fully saturated rings. The van der Waals surface area contributed by atoms with Gasteiger partial charge in [-0.15, -0.1) is 0 Å². The smallest absolute Gasteiger partial charge is 0.0585 e. The van der Waals surface area contributed by atoms with Gasteiger partial charge in [0.2, 0.25) is 0 Å². The normalized spacial score (nSPS) is 28.9. The number of aliphatic imine (C=N–C) groups is 1. The lowest BCUT2D eigenvalue weighted by Crippen LogP contribution is -1.92. The molecule has 2 heteroatoms. The van der Waals surface area contributed by atoms with E-state index in [1.165, 1.54) is 6.42 Å². The quantitative estimate of drug-likeness (QED) is 0.424. The molecule has 50 valence electrons. The van der Waals surface area contributed by atoms with Gasteiger partial charge in [-0.2, -0.15) is 0 Å². The highest BCUT2D eigenvalue weighted by atomic mass is 32.1. The van der Waals surface area contributed by atoms with Gasteiger partial charge in [0.1, 0.15) is 0 Å². The lowest BCUT2D eigenvalue weighted by Gasteiger charge is -1.95. The van der Waals surface area contributed by atoms with Crippen LogP contribution in [-0.4, -0.2) is 11.7 Å². The summed E-state index contributed by atoms with van der Waals surface area (Å²) in [5.74, 6) is 0.771. The van der Waals surface area contributed by atoms with Gasteiger partial charge in [-0.25, -0.2) is 4.99 Å². The maximum atomic E-state index is 4.46. The van der Waals surface area contributed by atoms with Crippen molar-refractivity contribution >= 4 is 17.4 Å². The third-order valence-electron chi connectivity index (χ3n) is 2.09. The maximum absolute atomic E-state index is 4.46. The van der Waals surface area contributed by atoms with Gasteiger partial charge < -0.3 is 0 Å². The Morgan fingerprint density at radius 1 is 1.78 bits per heavy atom. The highest BCUT2D eigenvalue weighted by molar-refractivity contribution is 7.78. The first-order valence-corrected chi connectivity index (χ1v) is 3.61. The largest absolute Gasteiger partial charge is 0.232 e. The second-order valence-electron chi connectivity index (χ2n) is 3.32. The first-order valence-electron chi connectivity index (χ1n) is 3.20. The van der Waals surface area contributed by atoms with Gasteiger partial charge in [0, 0.05) is 0 Å². The molecule has 1 atom stereocenters. The van der Waals surface area contributed by atoms with Crippen molar-refractivity contribution in [3.63, 3.8) is 0 Å². The summed E-state index contributed by atoms with van der Waals surface area (Å²) in [6.45, 7) is 5.41. The van der Waals surface area contributed by atoms with Crippen LogP contribution in [0.2, 0.25) is 0 Å². The number of hydrogen-bond acceptors (Lipinski definition) is 2. The van der Waals surface area contributed by atoms with E-state index in [0.717, 1.165) is 12.5 Å². The number of rotatable bonds is 2. The Balaban J connectivity index is 2.27. The first kappa shape index (κ1) is 6.91. The van der Waals surface area contributed by atoms with Crippen LogP contribution in [0.5, 0.6) is 0 Å². The van der Waals surface area contributed by atoms with Gasteiger partial charge in [0.05, 0.1) is 11.7 Å². The Morgan fingerprint density at radius 2 is 2.33 bits per heavy atom. The van der Waals surface area contributed by atoms with E-state index in [0.29, 0.717) is 5.41 Å². The van der Waals surface area contributed by atoms with E-state index in [1.54, 1.807) is 0 Å². The molecule has 1 aliphatic carbocycles. The second kappa shape index (κ2) is 2.20. The minimum Gasteiger partial charge on any atom is -0.232 e. The van der Waals surface area contributed by atoms with Gasteiger partial charge in [-0.3, -0.25) is 0 Å². The molecule has 0 N–H and O–H groups in total. The molecule has 0 bridgehead atoms. The molecule has 0 aromatic carbocycles. The van der Waals surface area contributed by atoms with E-state index in [-0.39, 0.29) is 0 Å². The Morgan fingerprint density at radius 3 is 2.67 bits per heavy atom. The molecule has 0 aromatic rings. The lowest BCUT2D eigenvalue weighted by atomic mass is 10.1. The van der Waals surface area contributed by atoms with Crippen LogP contribution in [-0.2, 0) is 0 Å². The molecule has 1 saturated carbocycles. The van der Waals surface area contributed by atoms with Crippen LogP contribution in [0.4, 0.5) is 0 Å². The molecule has 0 amide bonds. The maximum Gasteiger partial charge on any atom is 0.0585 e. The van der Waals surface area contributed by atoms with E-state index in [2.05, 4.69) is 36.2 Å². The molecule has 1 nitrogen and oxygen atoms in total. The van der Waals surface area contributed by atoms with E-state index in [1.807, 2.05) is 0 Å². The molecule has 0 saturated heterocycles. The Kier molecular flexibility index (Phi) is 1.69. The lowest BCUT2D eigenvalue weighted by molar-refractivity contribution is 0.566. The van der Waals surface area contributed by atoms with Crippen LogP contribution < -0.4 is 0 Å². The van der Waals surface area contributed by atoms with Crippen LogP contribution in [0, 0.1) is 11.3 Å². The topological polar surface area (TPSA) is 12.4 Å². The van der Waals surface area contributed by atoms with E-state index in [9.17, 15) is 0 Å². The van der Waals surface area contributed by atoms with Gasteiger partial charge in [0.25, 0.3) is 0 Å².